The number of hydrogen-bond donors (Lipinski definition) is 2. The molecule has 0 aliphatic carbocycles. The molecule has 1 aromatic carbocycles. The number of benzene rings is 1. The summed E-state index contributed by atoms with van der Waals surface area (Å²) < 4.78 is 18.3. The Kier molecular flexibility index (Phi) is 14.1. The van der Waals surface area contributed by atoms with Gasteiger partial charge in [-0.2, -0.15) is 0 Å². The highest BCUT2D eigenvalue weighted by atomic mass is 127. The Morgan fingerprint density at radius 3 is 2.39 bits per heavy atom. The summed E-state index contributed by atoms with van der Waals surface area (Å²) in [5, 5.41) is 6.50. The Morgan fingerprint density at radius 1 is 1.09 bits per heavy atom. The number of rotatable bonds is 10. The van der Waals surface area contributed by atoms with E-state index < -0.39 is 0 Å². The molecule has 0 bridgehead atoms. The highest BCUT2D eigenvalue weighted by molar-refractivity contribution is 14.0. The molecular formula is C17H29FIN3O. The number of aliphatic imine (C=N–C) groups is 1. The molecule has 0 aromatic heterocycles. The number of nitrogens with one attached hydrogen (secondary N) is 2. The van der Waals surface area contributed by atoms with Gasteiger partial charge in [-0.25, -0.2) is 4.39 Å². The van der Waals surface area contributed by atoms with Crippen molar-refractivity contribution in [2.75, 3.05) is 33.4 Å². The van der Waals surface area contributed by atoms with Gasteiger partial charge >= 0.3 is 0 Å². The van der Waals surface area contributed by atoms with Crippen LogP contribution in [0.3, 0.4) is 0 Å². The second kappa shape index (κ2) is 14.7. The molecule has 0 aliphatic rings. The van der Waals surface area contributed by atoms with Crippen molar-refractivity contribution in [2.45, 2.75) is 32.6 Å². The van der Waals surface area contributed by atoms with E-state index in [1.807, 2.05) is 0 Å². The van der Waals surface area contributed by atoms with Gasteiger partial charge in [0.1, 0.15) is 5.82 Å². The Hall–Kier alpha value is -0.890. The van der Waals surface area contributed by atoms with Gasteiger partial charge in [0.15, 0.2) is 5.96 Å². The number of ether oxygens (including phenoxy) is 1. The van der Waals surface area contributed by atoms with Crippen LogP contribution in [0.15, 0.2) is 29.3 Å². The first kappa shape index (κ1) is 22.1. The average Bonchev–Trinajstić information content (AvgIpc) is 2.54. The van der Waals surface area contributed by atoms with Crippen molar-refractivity contribution in [3.05, 3.63) is 35.6 Å². The first-order valence-corrected chi connectivity index (χ1v) is 8.03. The predicted molar refractivity (Wildman–Crippen MR) is 105 cm³/mol. The summed E-state index contributed by atoms with van der Waals surface area (Å²) in [6.45, 7) is 5.38. The van der Waals surface area contributed by atoms with E-state index in [4.69, 9.17) is 4.74 Å². The van der Waals surface area contributed by atoms with Crippen LogP contribution in [0.2, 0.25) is 0 Å². The number of hydrogen-bond acceptors (Lipinski definition) is 2. The number of nitrogens with zero attached hydrogens (tertiary/aromatic N) is 1. The molecule has 0 spiro atoms. The largest absolute Gasteiger partial charge is 0.381 e. The van der Waals surface area contributed by atoms with Gasteiger partial charge in [0.05, 0.1) is 0 Å². The summed E-state index contributed by atoms with van der Waals surface area (Å²) in [6, 6.07) is 6.59. The summed E-state index contributed by atoms with van der Waals surface area (Å²) in [5.74, 6) is 0.589. The van der Waals surface area contributed by atoms with Crippen LogP contribution in [0.4, 0.5) is 4.39 Å². The average molecular weight is 437 g/mol. The smallest absolute Gasteiger partial charge is 0.190 e. The van der Waals surface area contributed by atoms with Crippen molar-refractivity contribution in [2.24, 2.45) is 4.99 Å². The van der Waals surface area contributed by atoms with Crippen LogP contribution < -0.4 is 10.6 Å². The predicted octanol–water partition coefficient (Wildman–Crippen LogP) is 3.36. The molecule has 0 heterocycles. The van der Waals surface area contributed by atoms with Crippen molar-refractivity contribution in [1.82, 2.24) is 10.6 Å². The Bertz CT molecular complexity index is 426. The molecule has 0 amide bonds. The first-order valence-electron chi connectivity index (χ1n) is 8.03. The summed E-state index contributed by atoms with van der Waals surface area (Å²) in [5.41, 5.74) is 1.11. The van der Waals surface area contributed by atoms with E-state index in [0.717, 1.165) is 57.1 Å². The van der Waals surface area contributed by atoms with Crippen LogP contribution in [0.5, 0.6) is 0 Å². The van der Waals surface area contributed by atoms with Crippen LogP contribution in [0, 0.1) is 5.82 Å². The number of halogens is 2. The maximum absolute atomic E-state index is 12.8. The van der Waals surface area contributed by atoms with E-state index >= 15 is 0 Å². The third kappa shape index (κ3) is 11.3. The van der Waals surface area contributed by atoms with Gasteiger partial charge in [-0.3, -0.25) is 4.99 Å². The number of unbranched alkanes of at least 4 members (excludes halogenated alkanes) is 1. The zero-order valence-corrected chi connectivity index (χ0v) is 16.4. The Balaban J connectivity index is 0.00000484. The fourth-order valence-electron chi connectivity index (χ4n) is 1.93. The SMILES string of the molecule is CCCCOCCCNC(=NC)NCCc1ccc(F)cc1.I. The van der Waals surface area contributed by atoms with Crippen molar-refractivity contribution >= 4 is 29.9 Å². The van der Waals surface area contributed by atoms with Crippen LogP contribution in [-0.4, -0.2) is 39.3 Å². The molecule has 1 rings (SSSR count). The van der Waals surface area contributed by atoms with Crippen molar-refractivity contribution in [3.8, 4) is 0 Å². The van der Waals surface area contributed by atoms with Gasteiger partial charge in [0.25, 0.3) is 0 Å². The molecule has 0 fully saturated rings. The Labute approximate surface area is 156 Å². The van der Waals surface area contributed by atoms with Crippen molar-refractivity contribution in [3.63, 3.8) is 0 Å². The molecule has 6 heteroatoms. The van der Waals surface area contributed by atoms with E-state index in [-0.39, 0.29) is 29.8 Å². The lowest BCUT2D eigenvalue weighted by Crippen LogP contribution is -2.39. The van der Waals surface area contributed by atoms with Gasteiger partial charge in [0, 0.05) is 33.4 Å². The second-order valence-corrected chi connectivity index (χ2v) is 5.12. The highest BCUT2D eigenvalue weighted by Gasteiger charge is 1.98. The zero-order chi connectivity index (χ0) is 16.0. The molecule has 0 aliphatic heterocycles. The first-order chi connectivity index (χ1) is 10.8. The van der Waals surface area contributed by atoms with E-state index in [0.29, 0.717) is 0 Å². The molecule has 23 heavy (non-hydrogen) atoms. The monoisotopic (exact) mass is 437 g/mol. The van der Waals surface area contributed by atoms with Gasteiger partial charge in [-0.15, -0.1) is 24.0 Å². The van der Waals surface area contributed by atoms with E-state index in [1.165, 1.54) is 18.6 Å². The minimum atomic E-state index is -0.199. The molecule has 1 aromatic rings. The van der Waals surface area contributed by atoms with Crippen LogP contribution in [0.1, 0.15) is 31.7 Å². The topological polar surface area (TPSA) is 45.6 Å². The third-order valence-corrected chi connectivity index (χ3v) is 3.24. The van der Waals surface area contributed by atoms with Crippen LogP contribution in [0.25, 0.3) is 0 Å². The fourth-order valence-corrected chi connectivity index (χ4v) is 1.93. The molecule has 132 valence electrons. The molecule has 0 radical (unpaired) electrons. The fraction of sp³-hybridized carbons (Fsp3) is 0.588. The minimum absolute atomic E-state index is 0. The summed E-state index contributed by atoms with van der Waals surface area (Å²) in [4.78, 5) is 4.17. The van der Waals surface area contributed by atoms with Crippen LogP contribution in [-0.2, 0) is 11.2 Å². The van der Waals surface area contributed by atoms with Gasteiger partial charge in [0.2, 0.25) is 0 Å². The summed E-state index contributed by atoms with van der Waals surface area (Å²) in [6.07, 6.45) is 4.09. The standard InChI is InChI=1S/C17H28FN3O.HI/c1-3-4-13-22-14-5-11-20-17(19-2)21-12-10-15-6-8-16(18)9-7-15;/h6-9H,3-5,10-14H2,1-2H3,(H2,19,20,21);1H. The highest BCUT2D eigenvalue weighted by Crippen LogP contribution is 2.02. The van der Waals surface area contributed by atoms with Gasteiger partial charge < -0.3 is 15.4 Å². The zero-order valence-electron chi connectivity index (χ0n) is 14.1. The van der Waals surface area contributed by atoms with E-state index in [9.17, 15) is 4.39 Å². The third-order valence-electron chi connectivity index (χ3n) is 3.24. The lowest BCUT2D eigenvalue weighted by Gasteiger charge is -2.12. The summed E-state index contributed by atoms with van der Waals surface area (Å²) >= 11 is 0. The van der Waals surface area contributed by atoms with Crippen molar-refractivity contribution in [1.29, 1.82) is 0 Å². The number of guanidine groups is 1. The molecule has 0 unspecified atom stereocenters. The normalized spacial score (nSPS) is 11.0. The molecule has 4 nitrogen and oxygen atoms in total. The quantitative estimate of drug-likeness (QED) is 0.256. The molecule has 0 atom stereocenters. The maximum atomic E-state index is 12.8. The molecule has 0 saturated carbocycles. The Morgan fingerprint density at radius 2 is 1.74 bits per heavy atom. The molecular weight excluding hydrogens is 408 g/mol. The van der Waals surface area contributed by atoms with Gasteiger partial charge in [-0.1, -0.05) is 25.5 Å². The molecule has 0 saturated heterocycles. The lowest BCUT2D eigenvalue weighted by atomic mass is 10.1. The molecule has 2 N–H and O–H groups in total. The maximum Gasteiger partial charge on any atom is 0.190 e. The minimum Gasteiger partial charge on any atom is -0.381 e. The lowest BCUT2D eigenvalue weighted by molar-refractivity contribution is 0.129. The second-order valence-electron chi connectivity index (χ2n) is 5.12. The van der Waals surface area contributed by atoms with Crippen molar-refractivity contribution < 1.29 is 9.13 Å². The van der Waals surface area contributed by atoms with E-state index in [1.54, 1.807) is 19.2 Å². The van der Waals surface area contributed by atoms with Crippen LogP contribution >= 0.6 is 24.0 Å². The van der Waals surface area contributed by atoms with E-state index in [2.05, 4.69) is 22.5 Å². The summed E-state index contributed by atoms with van der Waals surface area (Å²) in [7, 11) is 1.75. The van der Waals surface area contributed by atoms with Gasteiger partial charge in [-0.05, 0) is 37.0 Å².